The number of aryl methyl sites for hydroxylation is 1. The monoisotopic (exact) mass is 536 g/mol. The summed E-state index contributed by atoms with van der Waals surface area (Å²) in [4.78, 5) is 13.8. The quantitative estimate of drug-likeness (QED) is 0.179. The van der Waals surface area contributed by atoms with Crippen LogP contribution in [0.15, 0.2) is 103 Å². The predicted molar refractivity (Wildman–Crippen MR) is 162 cm³/mol. The molecule has 0 saturated carbocycles. The Bertz CT molecular complexity index is 1280. The average Bonchev–Trinajstić information content (AvgIpc) is 2.99. The van der Waals surface area contributed by atoms with E-state index in [1.54, 1.807) is 7.11 Å². The molecule has 0 radical (unpaired) electrons. The molecule has 0 spiro atoms. The van der Waals surface area contributed by atoms with Crippen molar-refractivity contribution in [1.82, 2.24) is 4.90 Å². The molecule has 4 aromatic rings. The van der Waals surface area contributed by atoms with Crippen molar-refractivity contribution in [3.8, 4) is 11.5 Å². The van der Waals surface area contributed by atoms with Crippen LogP contribution in [0.25, 0.3) is 0 Å². The Kier molecular flexibility index (Phi) is 10.8. The van der Waals surface area contributed by atoms with Gasteiger partial charge in [-0.15, -0.1) is 0 Å². The van der Waals surface area contributed by atoms with E-state index in [2.05, 4.69) is 96.8 Å². The Morgan fingerprint density at radius 3 is 1.98 bits per heavy atom. The van der Waals surface area contributed by atoms with Crippen molar-refractivity contribution in [3.05, 3.63) is 131 Å². The highest BCUT2D eigenvalue weighted by molar-refractivity contribution is 5.76. The van der Waals surface area contributed by atoms with Crippen molar-refractivity contribution in [2.45, 2.75) is 38.6 Å². The third kappa shape index (κ3) is 8.45. The van der Waals surface area contributed by atoms with Crippen LogP contribution in [-0.2, 0) is 24.2 Å². The fourth-order valence-electron chi connectivity index (χ4n) is 5.02. The lowest BCUT2D eigenvalue weighted by Gasteiger charge is -2.28. The van der Waals surface area contributed by atoms with Gasteiger partial charge in [0.2, 0.25) is 5.91 Å². The molecule has 40 heavy (non-hydrogen) atoms. The minimum Gasteiger partial charge on any atom is -0.493 e. The maximum absolute atomic E-state index is 11.3. The van der Waals surface area contributed by atoms with Crippen LogP contribution in [0, 0.1) is 0 Å². The Morgan fingerprint density at radius 1 is 0.800 bits per heavy atom. The number of primary amides is 1. The highest BCUT2D eigenvalue weighted by atomic mass is 16.5. The molecule has 208 valence electrons. The second kappa shape index (κ2) is 14.9. The van der Waals surface area contributed by atoms with Gasteiger partial charge < -0.3 is 15.2 Å². The summed E-state index contributed by atoms with van der Waals surface area (Å²) in [5.41, 5.74) is 11.4. The molecule has 0 aliphatic rings. The second-order valence-electron chi connectivity index (χ2n) is 10.1. The predicted octanol–water partition coefficient (Wildman–Crippen LogP) is 6.39. The number of amides is 1. The van der Waals surface area contributed by atoms with Gasteiger partial charge in [-0.2, -0.15) is 0 Å². The van der Waals surface area contributed by atoms with Crippen LogP contribution in [0.1, 0.15) is 47.1 Å². The van der Waals surface area contributed by atoms with Crippen molar-refractivity contribution in [2.75, 3.05) is 26.8 Å². The molecule has 4 rings (SSSR count). The molecule has 0 fully saturated rings. The lowest BCUT2D eigenvalue weighted by molar-refractivity contribution is -0.117. The van der Waals surface area contributed by atoms with Crippen molar-refractivity contribution < 1.29 is 14.3 Å². The normalized spacial score (nSPS) is 11.1. The molecule has 0 aliphatic heterocycles. The number of nitrogens with two attached hydrogens (primary N) is 1. The number of carbonyl (C=O) groups excluding carboxylic acids is 1. The third-order valence-corrected chi connectivity index (χ3v) is 7.16. The standard InChI is InChI=1S/C35H40N2O3/c1-3-27-15-17-28(18-16-27)25-37(26-32(30-11-6-4-7-12-30)31-13-8-5-9-14-31)21-10-22-40-33-20-19-29(24-35(36)38)23-34(33)39-2/h4-9,11-20,23,32H,3,10,21-22,24-26H2,1-2H3,(H2,36,38). The number of hydrogen-bond donors (Lipinski definition) is 1. The van der Waals surface area contributed by atoms with Crippen LogP contribution >= 0.6 is 0 Å². The molecule has 4 aromatic carbocycles. The molecule has 0 aromatic heterocycles. The zero-order valence-electron chi connectivity index (χ0n) is 23.6. The number of methoxy groups -OCH3 is 1. The number of carbonyl (C=O) groups is 1. The van der Waals surface area contributed by atoms with Crippen molar-refractivity contribution in [2.24, 2.45) is 5.73 Å². The largest absolute Gasteiger partial charge is 0.493 e. The van der Waals surface area contributed by atoms with E-state index >= 15 is 0 Å². The molecule has 1 amide bonds. The van der Waals surface area contributed by atoms with Crippen molar-refractivity contribution in [1.29, 1.82) is 0 Å². The van der Waals surface area contributed by atoms with Crippen LogP contribution < -0.4 is 15.2 Å². The van der Waals surface area contributed by atoms with Crippen LogP contribution in [-0.4, -0.2) is 37.6 Å². The average molecular weight is 537 g/mol. The summed E-state index contributed by atoms with van der Waals surface area (Å²) in [6.45, 7) is 5.39. The van der Waals surface area contributed by atoms with E-state index in [0.29, 0.717) is 18.1 Å². The maximum atomic E-state index is 11.3. The Balaban J connectivity index is 1.48. The Labute approximate surface area is 238 Å². The zero-order chi connectivity index (χ0) is 28.2. The van der Waals surface area contributed by atoms with E-state index in [1.165, 1.54) is 22.3 Å². The van der Waals surface area contributed by atoms with Gasteiger partial charge in [0, 0.05) is 25.6 Å². The van der Waals surface area contributed by atoms with Crippen LogP contribution in [0.4, 0.5) is 0 Å². The van der Waals surface area contributed by atoms with E-state index < -0.39 is 0 Å². The first-order valence-corrected chi connectivity index (χ1v) is 14.0. The van der Waals surface area contributed by atoms with E-state index in [1.807, 2.05) is 18.2 Å². The van der Waals surface area contributed by atoms with Crippen molar-refractivity contribution >= 4 is 5.91 Å². The van der Waals surface area contributed by atoms with Gasteiger partial charge in [-0.25, -0.2) is 0 Å². The number of nitrogens with zero attached hydrogens (tertiary/aromatic N) is 1. The molecule has 0 unspecified atom stereocenters. The highest BCUT2D eigenvalue weighted by Gasteiger charge is 2.19. The van der Waals surface area contributed by atoms with Gasteiger partial charge in [0.25, 0.3) is 0 Å². The fraction of sp³-hybridized carbons (Fsp3) is 0.286. The zero-order valence-corrected chi connectivity index (χ0v) is 23.6. The molecule has 0 atom stereocenters. The van der Waals surface area contributed by atoms with E-state index in [0.717, 1.165) is 38.0 Å². The van der Waals surface area contributed by atoms with Gasteiger partial charge >= 0.3 is 0 Å². The summed E-state index contributed by atoms with van der Waals surface area (Å²) in [7, 11) is 1.61. The first kappa shape index (κ1) is 28.9. The summed E-state index contributed by atoms with van der Waals surface area (Å²) in [6.07, 6.45) is 2.07. The lowest BCUT2D eigenvalue weighted by atomic mass is 9.90. The SMILES string of the molecule is CCc1ccc(CN(CCCOc2ccc(CC(N)=O)cc2OC)CC(c2ccccc2)c2ccccc2)cc1. The number of ether oxygens (including phenoxy) is 2. The topological polar surface area (TPSA) is 64.8 Å². The first-order chi connectivity index (χ1) is 19.6. The van der Waals surface area contributed by atoms with E-state index in [4.69, 9.17) is 15.2 Å². The molecule has 2 N–H and O–H groups in total. The summed E-state index contributed by atoms with van der Waals surface area (Å²) < 4.78 is 11.6. The number of rotatable bonds is 15. The molecule has 0 saturated heterocycles. The molecule has 0 bridgehead atoms. The third-order valence-electron chi connectivity index (χ3n) is 7.16. The van der Waals surface area contributed by atoms with Crippen LogP contribution in [0.3, 0.4) is 0 Å². The first-order valence-electron chi connectivity index (χ1n) is 14.0. The van der Waals surface area contributed by atoms with E-state index in [-0.39, 0.29) is 18.2 Å². The summed E-state index contributed by atoms with van der Waals surface area (Å²) in [6, 6.07) is 36.0. The van der Waals surface area contributed by atoms with Gasteiger partial charge in [0.1, 0.15) is 0 Å². The Hall–Kier alpha value is -4.09. The van der Waals surface area contributed by atoms with Gasteiger partial charge in [0.05, 0.1) is 20.1 Å². The molecule has 5 nitrogen and oxygen atoms in total. The summed E-state index contributed by atoms with van der Waals surface area (Å²) in [5, 5.41) is 0. The van der Waals surface area contributed by atoms with Crippen LogP contribution in [0.2, 0.25) is 0 Å². The molecule has 5 heteroatoms. The molecule has 0 heterocycles. The minimum atomic E-state index is -0.371. The fourth-order valence-corrected chi connectivity index (χ4v) is 5.02. The van der Waals surface area contributed by atoms with Gasteiger partial charge in [0.15, 0.2) is 11.5 Å². The Morgan fingerprint density at radius 2 is 1.40 bits per heavy atom. The summed E-state index contributed by atoms with van der Waals surface area (Å²) in [5.74, 6) is 1.17. The number of benzene rings is 4. The second-order valence-corrected chi connectivity index (χ2v) is 10.1. The number of hydrogen-bond acceptors (Lipinski definition) is 4. The molecular weight excluding hydrogens is 496 g/mol. The molecule has 0 aliphatic carbocycles. The summed E-state index contributed by atoms with van der Waals surface area (Å²) >= 11 is 0. The lowest BCUT2D eigenvalue weighted by Crippen LogP contribution is -2.30. The van der Waals surface area contributed by atoms with Gasteiger partial charge in [-0.05, 0) is 52.8 Å². The van der Waals surface area contributed by atoms with Crippen LogP contribution in [0.5, 0.6) is 11.5 Å². The van der Waals surface area contributed by atoms with E-state index in [9.17, 15) is 4.79 Å². The maximum Gasteiger partial charge on any atom is 0.221 e. The molecular formula is C35H40N2O3. The van der Waals surface area contributed by atoms with Gasteiger partial charge in [-0.3, -0.25) is 9.69 Å². The highest BCUT2D eigenvalue weighted by Crippen LogP contribution is 2.29. The minimum absolute atomic E-state index is 0.175. The van der Waals surface area contributed by atoms with Crippen molar-refractivity contribution in [3.63, 3.8) is 0 Å². The van der Waals surface area contributed by atoms with Gasteiger partial charge in [-0.1, -0.05) is 97.9 Å². The smallest absolute Gasteiger partial charge is 0.221 e.